The van der Waals surface area contributed by atoms with Gasteiger partial charge in [-0.25, -0.2) is 4.98 Å². The minimum absolute atomic E-state index is 0.146. The lowest BCUT2D eigenvalue weighted by atomic mass is 10.2. The summed E-state index contributed by atoms with van der Waals surface area (Å²) in [7, 11) is 0. The van der Waals surface area contributed by atoms with Crippen molar-refractivity contribution in [3.8, 4) is 5.13 Å². The number of thiazole rings is 1. The zero-order valence-electron chi connectivity index (χ0n) is 13.4. The van der Waals surface area contributed by atoms with E-state index in [-0.39, 0.29) is 5.91 Å². The molecular formula is C18H19N3OS. The Balaban J connectivity index is 1.74. The molecule has 0 saturated carbocycles. The van der Waals surface area contributed by atoms with E-state index in [1.165, 1.54) is 11.4 Å². The van der Waals surface area contributed by atoms with Crippen LogP contribution in [0.1, 0.15) is 34.6 Å². The second kappa shape index (κ2) is 5.49. The summed E-state index contributed by atoms with van der Waals surface area (Å²) in [6.07, 6.45) is 2.23. The molecule has 1 saturated heterocycles. The van der Waals surface area contributed by atoms with Crippen LogP contribution in [0.15, 0.2) is 30.3 Å². The third-order valence-electron chi connectivity index (χ3n) is 4.48. The van der Waals surface area contributed by atoms with Crippen molar-refractivity contribution < 1.29 is 4.79 Å². The van der Waals surface area contributed by atoms with E-state index in [0.29, 0.717) is 0 Å². The molecule has 1 aliphatic rings. The van der Waals surface area contributed by atoms with Gasteiger partial charge in [0.2, 0.25) is 0 Å². The van der Waals surface area contributed by atoms with Crippen LogP contribution >= 0.6 is 11.3 Å². The molecule has 118 valence electrons. The van der Waals surface area contributed by atoms with E-state index >= 15 is 0 Å². The Morgan fingerprint density at radius 3 is 2.48 bits per heavy atom. The van der Waals surface area contributed by atoms with Crippen LogP contribution in [0, 0.1) is 13.8 Å². The molecule has 1 fully saturated rings. The average molecular weight is 325 g/mol. The molecule has 0 radical (unpaired) electrons. The van der Waals surface area contributed by atoms with Crippen molar-refractivity contribution in [1.82, 2.24) is 14.5 Å². The third kappa shape index (κ3) is 2.45. The third-order valence-corrected chi connectivity index (χ3v) is 5.48. The summed E-state index contributed by atoms with van der Waals surface area (Å²) in [4.78, 5) is 19.2. The first-order valence-corrected chi connectivity index (χ1v) is 8.80. The maximum Gasteiger partial charge on any atom is 0.253 e. The molecular weight excluding hydrogens is 306 g/mol. The number of likely N-dealkylation sites (tertiary alicyclic amines) is 1. The SMILES string of the molecule is Cc1ccc(C)n1-c1nc2ccc(C(=O)N3CCCC3)cc2s1. The Hall–Kier alpha value is -2.14. The largest absolute Gasteiger partial charge is 0.339 e. The predicted molar refractivity (Wildman–Crippen MR) is 93.6 cm³/mol. The highest BCUT2D eigenvalue weighted by Gasteiger charge is 2.20. The van der Waals surface area contributed by atoms with E-state index in [0.717, 1.165) is 46.8 Å². The molecule has 1 amide bonds. The van der Waals surface area contributed by atoms with Crippen LogP contribution in [0.4, 0.5) is 0 Å². The van der Waals surface area contributed by atoms with E-state index < -0.39 is 0 Å². The first-order chi connectivity index (χ1) is 11.1. The Labute approximate surface area is 139 Å². The van der Waals surface area contributed by atoms with Crippen LogP contribution in [-0.2, 0) is 0 Å². The molecule has 23 heavy (non-hydrogen) atoms. The summed E-state index contributed by atoms with van der Waals surface area (Å²) >= 11 is 1.64. The van der Waals surface area contributed by atoms with Crippen molar-refractivity contribution in [2.24, 2.45) is 0 Å². The normalized spacial score (nSPS) is 14.8. The Kier molecular flexibility index (Phi) is 3.45. The van der Waals surface area contributed by atoms with Gasteiger partial charge in [0.1, 0.15) is 0 Å². The van der Waals surface area contributed by atoms with Crippen molar-refractivity contribution in [2.45, 2.75) is 26.7 Å². The first-order valence-electron chi connectivity index (χ1n) is 7.99. The minimum atomic E-state index is 0.146. The molecule has 5 heteroatoms. The Morgan fingerprint density at radius 2 is 1.78 bits per heavy atom. The van der Waals surface area contributed by atoms with Crippen LogP contribution in [0.25, 0.3) is 15.3 Å². The molecule has 0 unspecified atom stereocenters. The van der Waals surface area contributed by atoms with Gasteiger partial charge in [-0.2, -0.15) is 0 Å². The van der Waals surface area contributed by atoms with Gasteiger partial charge >= 0.3 is 0 Å². The smallest absolute Gasteiger partial charge is 0.253 e. The van der Waals surface area contributed by atoms with Gasteiger partial charge in [0.15, 0.2) is 5.13 Å². The lowest BCUT2D eigenvalue weighted by Crippen LogP contribution is -2.27. The van der Waals surface area contributed by atoms with E-state index in [1.54, 1.807) is 11.3 Å². The summed E-state index contributed by atoms with van der Waals surface area (Å²) in [5, 5.41) is 0.964. The van der Waals surface area contributed by atoms with Gasteiger partial charge in [0, 0.05) is 30.0 Å². The van der Waals surface area contributed by atoms with Crippen molar-refractivity contribution in [1.29, 1.82) is 0 Å². The monoisotopic (exact) mass is 325 g/mol. The van der Waals surface area contributed by atoms with Crippen molar-refractivity contribution >= 4 is 27.5 Å². The quantitative estimate of drug-likeness (QED) is 0.716. The molecule has 3 heterocycles. The molecule has 0 aliphatic carbocycles. The molecule has 1 aromatic carbocycles. The number of fused-ring (bicyclic) bond motifs is 1. The molecule has 3 aromatic rings. The number of aryl methyl sites for hydroxylation is 2. The molecule has 0 bridgehead atoms. The van der Waals surface area contributed by atoms with E-state index in [1.807, 2.05) is 23.1 Å². The summed E-state index contributed by atoms with van der Waals surface area (Å²) in [5.74, 6) is 0.146. The maximum atomic E-state index is 12.5. The summed E-state index contributed by atoms with van der Waals surface area (Å²) in [6, 6.07) is 10.1. The zero-order chi connectivity index (χ0) is 16.0. The first kappa shape index (κ1) is 14.5. The van der Waals surface area contributed by atoms with Gasteiger partial charge in [0.25, 0.3) is 5.91 Å². The fourth-order valence-corrected chi connectivity index (χ4v) is 4.34. The summed E-state index contributed by atoms with van der Waals surface area (Å²) in [6.45, 7) is 5.93. The standard InChI is InChI=1S/C18H19N3OS/c1-12-5-6-13(2)21(12)18-19-15-8-7-14(11-16(15)23-18)17(22)20-9-3-4-10-20/h5-8,11H,3-4,9-10H2,1-2H3. The second-order valence-corrected chi connectivity index (χ2v) is 7.14. The highest BCUT2D eigenvalue weighted by molar-refractivity contribution is 7.20. The molecule has 4 rings (SSSR count). The maximum absolute atomic E-state index is 12.5. The van der Waals surface area contributed by atoms with Crippen molar-refractivity contribution in [3.63, 3.8) is 0 Å². The van der Waals surface area contributed by atoms with Crippen molar-refractivity contribution in [3.05, 3.63) is 47.3 Å². The van der Waals surface area contributed by atoms with Crippen LogP contribution in [0.5, 0.6) is 0 Å². The van der Waals surface area contributed by atoms with Gasteiger partial charge < -0.3 is 4.90 Å². The zero-order valence-corrected chi connectivity index (χ0v) is 14.2. The number of carbonyl (C=O) groups is 1. The molecule has 0 N–H and O–H groups in total. The van der Waals surface area contributed by atoms with Gasteiger partial charge in [-0.1, -0.05) is 11.3 Å². The Bertz CT molecular complexity index is 867. The highest BCUT2D eigenvalue weighted by Crippen LogP contribution is 2.28. The van der Waals surface area contributed by atoms with Crippen LogP contribution in [0.2, 0.25) is 0 Å². The van der Waals surface area contributed by atoms with Gasteiger partial charge in [-0.3, -0.25) is 9.36 Å². The second-order valence-electron chi connectivity index (χ2n) is 6.13. The molecule has 2 aromatic heterocycles. The number of nitrogens with zero attached hydrogens (tertiary/aromatic N) is 3. The number of carbonyl (C=O) groups excluding carboxylic acids is 1. The van der Waals surface area contributed by atoms with Crippen LogP contribution in [0.3, 0.4) is 0 Å². The molecule has 1 aliphatic heterocycles. The molecule has 0 atom stereocenters. The predicted octanol–water partition coefficient (Wildman–Crippen LogP) is 3.94. The number of hydrogen-bond acceptors (Lipinski definition) is 3. The van der Waals surface area contributed by atoms with E-state index in [4.69, 9.17) is 4.98 Å². The number of hydrogen-bond donors (Lipinski definition) is 0. The van der Waals surface area contributed by atoms with Gasteiger partial charge in [0.05, 0.1) is 10.2 Å². The number of benzene rings is 1. The lowest BCUT2D eigenvalue weighted by molar-refractivity contribution is 0.0793. The summed E-state index contributed by atoms with van der Waals surface area (Å²) < 4.78 is 3.23. The van der Waals surface area contributed by atoms with E-state index in [9.17, 15) is 4.79 Å². The van der Waals surface area contributed by atoms with Gasteiger partial charge in [-0.05, 0) is 57.0 Å². The minimum Gasteiger partial charge on any atom is -0.339 e. The van der Waals surface area contributed by atoms with Gasteiger partial charge in [-0.15, -0.1) is 0 Å². The fourth-order valence-electron chi connectivity index (χ4n) is 3.21. The van der Waals surface area contributed by atoms with Crippen LogP contribution < -0.4 is 0 Å². The number of rotatable bonds is 2. The van der Waals surface area contributed by atoms with Crippen molar-refractivity contribution in [2.75, 3.05) is 13.1 Å². The number of aromatic nitrogens is 2. The number of amides is 1. The Morgan fingerprint density at radius 1 is 1.09 bits per heavy atom. The molecule has 4 nitrogen and oxygen atoms in total. The van der Waals surface area contributed by atoms with Crippen LogP contribution in [-0.4, -0.2) is 33.4 Å². The topological polar surface area (TPSA) is 38.1 Å². The summed E-state index contributed by atoms with van der Waals surface area (Å²) in [5.41, 5.74) is 4.08. The van der Waals surface area contributed by atoms with E-state index in [2.05, 4.69) is 30.5 Å². The highest BCUT2D eigenvalue weighted by atomic mass is 32.1. The lowest BCUT2D eigenvalue weighted by Gasteiger charge is -2.14. The fraction of sp³-hybridized carbons (Fsp3) is 0.333. The average Bonchev–Trinajstić information content (AvgIpc) is 3.25. The molecule has 0 spiro atoms.